The normalized spacial score (nSPS) is 11.0. The number of rotatable bonds is 12. The molecule has 0 aliphatic rings. The lowest BCUT2D eigenvalue weighted by atomic mass is 9.92. The minimum absolute atomic E-state index is 0.645. The Morgan fingerprint density at radius 1 is 0.611 bits per heavy atom. The summed E-state index contributed by atoms with van der Waals surface area (Å²) in [6.07, 6.45) is 4.13. The molecule has 0 unspecified atom stereocenters. The first-order valence-electron chi connectivity index (χ1n) is 12.7. The number of hydrogen-bond acceptors (Lipinski definition) is 5. The fraction of sp³-hybridized carbons (Fsp3) is 0.355. The summed E-state index contributed by atoms with van der Waals surface area (Å²) >= 11 is 0. The SMILES string of the molecule is CCCCOc1ccc2c(-c3c(OC)c(OC)cc4ccc(OC)cc34)cccc2c1OCCCC. The molecule has 0 aromatic heterocycles. The number of hydrogen-bond donors (Lipinski definition) is 0. The van der Waals surface area contributed by atoms with Gasteiger partial charge in [0.15, 0.2) is 23.0 Å². The molecule has 5 heteroatoms. The monoisotopic (exact) mass is 488 g/mol. The molecule has 0 atom stereocenters. The van der Waals surface area contributed by atoms with Crippen LogP contribution in [0.4, 0.5) is 0 Å². The van der Waals surface area contributed by atoms with Crippen molar-refractivity contribution >= 4 is 21.5 Å². The van der Waals surface area contributed by atoms with Gasteiger partial charge in [0.1, 0.15) is 5.75 Å². The molecular formula is C31H36O5. The molecular weight excluding hydrogens is 452 g/mol. The van der Waals surface area contributed by atoms with E-state index in [1.165, 1.54) is 0 Å². The van der Waals surface area contributed by atoms with Crippen LogP contribution in [0.5, 0.6) is 28.7 Å². The fourth-order valence-electron chi connectivity index (χ4n) is 4.51. The highest BCUT2D eigenvalue weighted by atomic mass is 16.5. The lowest BCUT2D eigenvalue weighted by Gasteiger charge is -2.20. The third-order valence-corrected chi connectivity index (χ3v) is 6.44. The van der Waals surface area contributed by atoms with Gasteiger partial charge in [-0.1, -0.05) is 51.0 Å². The second-order valence-corrected chi connectivity index (χ2v) is 8.77. The molecule has 0 spiro atoms. The maximum absolute atomic E-state index is 6.34. The third kappa shape index (κ3) is 5.01. The number of ether oxygens (including phenoxy) is 5. The van der Waals surface area contributed by atoms with Crippen molar-refractivity contribution in [2.24, 2.45) is 0 Å². The summed E-state index contributed by atoms with van der Waals surface area (Å²) in [7, 11) is 5.02. The van der Waals surface area contributed by atoms with Crippen LogP contribution >= 0.6 is 0 Å². The van der Waals surface area contributed by atoms with Gasteiger partial charge in [-0.15, -0.1) is 0 Å². The highest BCUT2D eigenvalue weighted by Crippen LogP contribution is 2.48. The van der Waals surface area contributed by atoms with Gasteiger partial charge >= 0.3 is 0 Å². The fourth-order valence-corrected chi connectivity index (χ4v) is 4.51. The Kier molecular flexibility index (Phi) is 8.42. The third-order valence-electron chi connectivity index (χ3n) is 6.44. The maximum atomic E-state index is 6.34. The van der Waals surface area contributed by atoms with Crippen molar-refractivity contribution in [1.29, 1.82) is 0 Å². The topological polar surface area (TPSA) is 46.2 Å². The summed E-state index contributed by atoms with van der Waals surface area (Å²) < 4.78 is 29.7. The first-order chi connectivity index (χ1) is 17.7. The summed E-state index contributed by atoms with van der Waals surface area (Å²) in [5, 5.41) is 4.14. The van der Waals surface area contributed by atoms with Gasteiger partial charge in [0, 0.05) is 10.9 Å². The molecule has 190 valence electrons. The summed E-state index contributed by atoms with van der Waals surface area (Å²) in [5.41, 5.74) is 1.98. The Bertz CT molecular complexity index is 1330. The zero-order valence-electron chi connectivity index (χ0n) is 22.0. The second-order valence-electron chi connectivity index (χ2n) is 8.77. The molecule has 0 fully saturated rings. The second kappa shape index (κ2) is 11.9. The van der Waals surface area contributed by atoms with Gasteiger partial charge in [0.25, 0.3) is 0 Å². The van der Waals surface area contributed by atoms with Crippen molar-refractivity contribution < 1.29 is 23.7 Å². The zero-order chi connectivity index (χ0) is 25.5. The van der Waals surface area contributed by atoms with Crippen molar-refractivity contribution in [2.75, 3.05) is 34.5 Å². The molecule has 0 heterocycles. The highest BCUT2D eigenvalue weighted by molar-refractivity contribution is 6.10. The molecule has 4 aromatic carbocycles. The number of benzene rings is 4. The van der Waals surface area contributed by atoms with Gasteiger partial charge in [-0.2, -0.15) is 0 Å². The van der Waals surface area contributed by atoms with Gasteiger partial charge in [0.2, 0.25) is 0 Å². The Morgan fingerprint density at radius 3 is 2.08 bits per heavy atom. The molecule has 36 heavy (non-hydrogen) atoms. The van der Waals surface area contributed by atoms with E-state index in [1.807, 2.05) is 30.3 Å². The van der Waals surface area contributed by atoms with E-state index in [-0.39, 0.29) is 0 Å². The maximum Gasteiger partial charge on any atom is 0.169 e. The molecule has 0 aliphatic carbocycles. The Morgan fingerprint density at radius 2 is 1.39 bits per heavy atom. The van der Waals surface area contributed by atoms with E-state index >= 15 is 0 Å². The van der Waals surface area contributed by atoms with Gasteiger partial charge in [-0.05, 0) is 64.9 Å². The van der Waals surface area contributed by atoms with Crippen LogP contribution in [0, 0.1) is 0 Å². The molecule has 0 bridgehead atoms. The van der Waals surface area contributed by atoms with Crippen LogP contribution in [0.3, 0.4) is 0 Å². The first kappa shape index (κ1) is 25.5. The predicted molar refractivity (Wildman–Crippen MR) is 147 cm³/mol. The summed E-state index contributed by atoms with van der Waals surface area (Å²) in [6.45, 7) is 5.64. The largest absolute Gasteiger partial charge is 0.497 e. The standard InChI is InChI=1S/C31H36O5/c1-6-8-17-35-27-16-15-23-24(11-10-12-25(23)30(27)36-18-9-7-2)29-26-20-22(32-3)14-13-21(26)19-28(33-4)31(29)34-5/h10-16,19-20H,6-9,17-18H2,1-5H3. The summed E-state index contributed by atoms with van der Waals surface area (Å²) in [4.78, 5) is 0. The van der Waals surface area contributed by atoms with E-state index in [0.29, 0.717) is 24.7 Å². The van der Waals surface area contributed by atoms with Crippen LogP contribution in [-0.4, -0.2) is 34.5 Å². The summed E-state index contributed by atoms with van der Waals surface area (Å²) in [6, 6.07) is 18.5. The van der Waals surface area contributed by atoms with Crippen molar-refractivity contribution in [3.05, 3.63) is 54.6 Å². The van der Waals surface area contributed by atoms with Crippen LogP contribution in [0.1, 0.15) is 39.5 Å². The smallest absolute Gasteiger partial charge is 0.169 e. The molecule has 4 aromatic rings. The molecule has 0 aliphatic heterocycles. The van der Waals surface area contributed by atoms with E-state index in [4.69, 9.17) is 23.7 Å². The lowest BCUT2D eigenvalue weighted by molar-refractivity contribution is 0.264. The minimum Gasteiger partial charge on any atom is -0.497 e. The first-order valence-corrected chi connectivity index (χ1v) is 12.7. The number of unbranched alkanes of at least 4 members (excludes halogenated alkanes) is 2. The van der Waals surface area contributed by atoms with E-state index in [1.54, 1.807) is 21.3 Å². The summed E-state index contributed by atoms with van der Waals surface area (Å²) in [5.74, 6) is 3.73. The van der Waals surface area contributed by atoms with Crippen molar-refractivity contribution in [3.63, 3.8) is 0 Å². The quantitative estimate of drug-likeness (QED) is 0.189. The van der Waals surface area contributed by atoms with Gasteiger partial charge in [-0.25, -0.2) is 0 Å². The average Bonchev–Trinajstić information content (AvgIpc) is 2.92. The zero-order valence-corrected chi connectivity index (χ0v) is 22.0. The average molecular weight is 489 g/mol. The van der Waals surface area contributed by atoms with Crippen LogP contribution in [0.15, 0.2) is 54.6 Å². The number of methoxy groups -OCH3 is 3. The predicted octanol–water partition coefficient (Wildman–Crippen LogP) is 8.04. The number of fused-ring (bicyclic) bond motifs is 2. The van der Waals surface area contributed by atoms with Crippen LogP contribution in [0.25, 0.3) is 32.7 Å². The minimum atomic E-state index is 0.645. The van der Waals surface area contributed by atoms with Crippen molar-refractivity contribution in [2.45, 2.75) is 39.5 Å². The van der Waals surface area contributed by atoms with Crippen molar-refractivity contribution in [1.82, 2.24) is 0 Å². The molecule has 0 saturated carbocycles. The van der Waals surface area contributed by atoms with Gasteiger partial charge in [-0.3, -0.25) is 0 Å². The van der Waals surface area contributed by atoms with E-state index in [2.05, 4.69) is 38.1 Å². The van der Waals surface area contributed by atoms with E-state index < -0.39 is 0 Å². The van der Waals surface area contributed by atoms with Crippen LogP contribution in [-0.2, 0) is 0 Å². The Balaban J connectivity index is 1.99. The van der Waals surface area contributed by atoms with Crippen LogP contribution < -0.4 is 23.7 Å². The van der Waals surface area contributed by atoms with Crippen molar-refractivity contribution in [3.8, 4) is 39.9 Å². The van der Waals surface area contributed by atoms with Crippen LogP contribution in [0.2, 0.25) is 0 Å². The van der Waals surface area contributed by atoms with E-state index in [0.717, 1.165) is 75.6 Å². The van der Waals surface area contributed by atoms with E-state index in [9.17, 15) is 0 Å². The molecule has 4 rings (SSSR count). The molecule has 5 nitrogen and oxygen atoms in total. The molecule has 0 N–H and O–H groups in total. The van der Waals surface area contributed by atoms with Gasteiger partial charge < -0.3 is 23.7 Å². The molecule has 0 saturated heterocycles. The Labute approximate surface area is 213 Å². The molecule has 0 radical (unpaired) electrons. The Hall–Kier alpha value is -3.60. The highest BCUT2D eigenvalue weighted by Gasteiger charge is 2.21. The lowest BCUT2D eigenvalue weighted by Crippen LogP contribution is -2.03. The molecule has 0 amide bonds. The van der Waals surface area contributed by atoms with Gasteiger partial charge in [0.05, 0.1) is 34.5 Å².